The summed E-state index contributed by atoms with van der Waals surface area (Å²) in [7, 11) is 0. The van der Waals surface area contributed by atoms with Crippen LogP contribution >= 0.6 is 0 Å². The number of unbranched alkanes of at least 4 members (excludes halogenated alkanes) is 2. The minimum Gasteiger partial charge on any atom is -0.258 e. The summed E-state index contributed by atoms with van der Waals surface area (Å²) in [6.45, 7) is 4.25. The number of non-ortho nitro benzene ring substituents is 1. The normalized spacial score (nSPS) is 10.4. The smallest absolute Gasteiger partial charge is 0.258 e. The molecular weight excluding hydrogens is 202 g/mol. The maximum atomic E-state index is 10.7. The molecule has 1 aromatic rings. The minimum absolute atomic E-state index is 0.212. The summed E-state index contributed by atoms with van der Waals surface area (Å²) < 4.78 is 0. The first kappa shape index (κ1) is 12.7. The Hall–Kier alpha value is -1.38. The van der Waals surface area contributed by atoms with Gasteiger partial charge in [0.15, 0.2) is 0 Å². The predicted octanol–water partition coefficient (Wildman–Crippen LogP) is 3.89. The molecule has 1 rings (SSSR count). The fourth-order valence-electron chi connectivity index (χ4n) is 1.87. The summed E-state index contributed by atoms with van der Waals surface area (Å²) >= 11 is 0. The van der Waals surface area contributed by atoms with Crippen molar-refractivity contribution in [3.05, 3.63) is 39.4 Å². The molecule has 0 heterocycles. The fraction of sp³-hybridized carbons (Fsp3) is 0.538. The first-order valence-electron chi connectivity index (χ1n) is 5.95. The molecule has 3 nitrogen and oxygen atoms in total. The summed E-state index contributed by atoms with van der Waals surface area (Å²) in [5.41, 5.74) is 2.59. The largest absolute Gasteiger partial charge is 0.269 e. The van der Waals surface area contributed by atoms with Crippen LogP contribution in [-0.2, 0) is 12.8 Å². The van der Waals surface area contributed by atoms with E-state index in [-0.39, 0.29) is 10.6 Å². The lowest BCUT2D eigenvalue weighted by atomic mass is 9.99. The first-order valence-corrected chi connectivity index (χ1v) is 5.95. The van der Waals surface area contributed by atoms with Crippen LogP contribution in [0.3, 0.4) is 0 Å². The highest BCUT2D eigenvalue weighted by Crippen LogP contribution is 2.20. The highest BCUT2D eigenvalue weighted by atomic mass is 16.6. The van der Waals surface area contributed by atoms with E-state index in [1.807, 2.05) is 6.07 Å². The zero-order chi connectivity index (χ0) is 12.0. The van der Waals surface area contributed by atoms with E-state index in [1.165, 1.54) is 18.4 Å². The predicted molar refractivity (Wildman–Crippen MR) is 65.7 cm³/mol. The molecule has 0 saturated carbocycles. The second-order valence-corrected chi connectivity index (χ2v) is 4.02. The lowest BCUT2D eigenvalue weighted by molar-refractivity contribution is -0.384. The van der Waals surface area contributed by atoms with Crippen molar-refractivity contribution in [2.24, 2.45) is 0 Å². The number of nitro benzene ring substituents is 1. The molecule has 0 aromatic heterocycles. The maximum Gasteiger partial charge on any atom is 0.269 e. The van der Waals surface area contributed by atoms with Gasteiger partial charge in [-0.3, -0.25) is 10.1 Å². The SMILES string of the molecule is CCCCCc1cc([N+](=O)[O-])ccc1CC. The molecule has 0 N–H and O–H groups in total. The summed E-state index contributed by atoms with van der Waals surface area (Å²) in [4.78, 5) is 10.4. The average Bonchev–Trinajstić information content (AvgIpc) is 2.29. The first-order chi connectivity index (χ1) is 7.69. The van der Waals surface area contributed by atoms with E-state index in [1.54, 1.807) is 12.1 Å². The fourth-order valence-corrected chi connectivity index (χ4v) is 1.87. The summed E-state index contributed by atoms with van der Waals surface area (Å²) in [6, 6.07) is 5.22. The summed E-state index contributed by atoms with van der Waals surface area (Å²) in [6.07, 6.45) is 5.38. The quantitative estimate of drug-likeness (QED) is 0.415. The van der Waals surface area contributed by atoms with Gasteiger partial charge in [-0.2, -0.15) is 0 Å². The van der Waals surface area contributed by atoms with Crippen molar-refractivity contribution in [3.8, 4) is 0 Å². The lowest BCUT2D eigenvalue weighted by Gasteiger charge is -2.07. The Bertz CT molecular complexity index is 361. The van der Waals surface area contributed by atoms with E-state index in [4.69, 9.17) is 0 Å². The Morgan fingerprint density at radius 2 is 1.94 bits per heavy atom. The van der Waals surface area contributed by atoms with Gasteiger partial charge in [0.1, 0.15) is 0 Å². The number of hydrogen-bond donors (Lipinski definition) is 0. The van der Waals surface area contributed by atoms with Gasteiger partial charge in [0.25, 0.3) is 5.69 Å². The summed E-state index contributed by atoms with van der Waals surface area (Å²) in [5.74, 6) is 0. The Labute approximate surface area is 96.6 Å². The van der Waals surface area contributed by atoms with Crippen LogP contribution in [0.5, 0.6) is 0 Å². The van der Waals surface area contributed by atoms with Crippen molar-refractivity contribution in [2.45, 2.75) is 46.0 Å². The topological polar surface area (TPSA) is 43.1 Å². The molecule has 0 unspecified atom stereocenters. The molecule has 0 atom stereocenters. The van der Waals surface area contributed by atoms with E-state index in [0.29, 0.717) is 0 Å². The Kier molecular flexibility index (Phi) is 4.96. The number of aryl methyl sites for hydroxylation is 2. The molecule has 0 bridgehead atoms. The average molecular weight is 221 g/mol. The Balaban J connectivity index is 2.84. The van der Waals surface area contributed by atoms with Crippen LogP contribution < -0.4 is 0 Å². The molecule has 0 fully saturated rings. The van der Waals surface area contributed by atoms with Crippen LogP contribution in [0.1, 0.15) is 44.2 Å². The van der Waals surface area contributed by atoms with Crippen molar-refractivity contribution in [1.29, 1.82) is 0 Å². The van der Waals surface area contributed by atoms with Gasteiger partial charge in [-0.15, -0.1) is 0 Å². The second-order valence-electron chi connectivity index (χ2n) is 4.02. The highest BCUT2D eigenvalue weighted by Gasteiger charge is 2.09. The van der Waals surface area contributed by atoms with Crippen LogP contribution in [0.25, 0.3) is 0 Å². The molecule has 0 spiro atoms. The third-order valence-electron chi connectivity index (χ3n) is 2.83. The molecule has 0 radical (unpaired) electrons. The number of rotatable bonds is 6. The van der Waals surface area contributed by atoms with Gasteiger partial charge < -0.3 is 0 Å². The van der Waals surface area contributed by atoms with Crippen LogP contribution in [0, 0.1) is 10.1 Å². The van der Waals surface area contributed by atoms with Crippen LogP contribution in [-0.4, -0.2) is 4.92 Å². The zero-order valence-corrected chi connectivity index (χ0v) is 10.0. The van der Waals surface area contributed by atoms with Crippen LogP contribution in [0.4, 0.5) is 5.69 Å². The van der Waals surface area contributed by atoms with Crippen molar-refractivity contribution in [1.82, 2.24) is 0 Å². The molecular formula is C13H19NO2. The third-order valence-corrected chi connectivity index (χ3v) is 2.83. The summed E-state index contributed by atoms with van der Waals surface area (Å²) in [5, 5.41) is 10.7. The van der Waals surface area contributed by atoms with Crippen molar-refractivity contribution in [2.75, 3.05) is 0 Å². The molecule has 0 saturated heterocycles. The van der Waals surface area contributed by atoms with E-state index in [2.05, 4.69) is 13.8 Å². The molecule has 1 aromatic carbocycles. The van der Waals surface area contributed by atoms with Gasteiger partial charge in [0.2, 0.25) is 0 Å². The van der Waals surface area contributed by atoms with Gasteiger partial charge >= 0.3 is 0 Å². The van der Waals surface area contributed by atoms with Gasteiger partial charge in [0.05, 0.1) is 4.92 Å². The number of nitrogens with zero attached hydrogens (tertiary/aromatic N) is 1. The van der Waals surface area contributed by atoms with Gasteiger partial charge in [-0.05, 0) is 30.4 Å². The number of hydrogen-bond acceptors (Lipinski definition) is 2. The van der Waals surface area contributed by atoms with E-state index >= 15 is 0 Å². The molecule has 0 aliphatic heterocycles. The van der Waals surface area contributed by atoms with Crippen molar-refractivity contribution in [3.63, 3.8) is 0 Å². The molecule has 16 heavy (non-hydrogen) atoms. The number of benzene rings is 1. The lowest BCUT2D eigenvalue weighted by Crippen LogP contribution is -1.96. The number of nitro groups is 1. The zero-order valence-electron chi connectivity index (χ0n) is 10.0. The molecule has 0 aliphatic carbocycles. The molecule has 3 heteroatoms. The minimum atomic E-state index is -0.317. The standard InChI is InChI=1S/C13H19NO2/c1-3-5-6-7-12-10-13(14(15)16)9-8-11(12)4-2/h8-10H,3-7H2,1-2H3. The molecule has 0 amide bonds. The van der Waals surface area contributed by atoms with Crippen molar-refractivity contribution < 1.29 is 4.92 Å². The van der Waals surface area contributed by atoms with E-state index in [9.17, 15) is 10.1 Å². The second kappa shape index (κ2) is 6.26. The monoisotopic (exact) mass is 221 g/mol. The van der Waals surface area contributed by atoms with Gasteiger partial charge in [-0.25, -0.2) is 0 Å². The maximum absolute atomic E-state index is 10.7. The third kappa shape index (κ3) is 3.33. The molecule has 88 valence electrons. The Morgan fingerprint density at radius 3 is 2.50 bits per heavy atom. The van der Waals surface area contributed by atoms with Gasteiger partial charge in [-0.1, -0.05) is 32.8 Å². The van der Waals surface area contributed by atoms with Gasteiger partial charge in [0, 0.05) is 12.1 Å². The van der Waals surface area contributed by atoms with Crippen LogP contribution in [0.15, 0.2) is 18.2 Å². The highest BCUT2D eigenvalue weighted by molar-refractivity contribution is 5.40. The molecule has 0 aliphatic rings. The Morgan fingerprint density at radius 1 is 1.19 bits per heavy atom. The van der Waals surface area contributed by atoms with E-state index in [0.717, 1.165) is 24.8 Å². The van der Waals surface area contributed by atoms with Crippen LogP contribution in [0.2, 0.25) is 0 Å². The van der Waals surface area contributed by atoms with Crippen molar-refractivity contribution >= 4 is 5.69 Å². The van der Waals surface area contributed by atoms with E-state index < -0.39 is 0 Å².